The molecule has 0 saturated carbocycles. The third-order valence-corrected chi connectivity index (χ3v) is 2.55. The van der Waals surface area contributed by atoms with Crippen LogP contribution in [0, 0.1) is 10.1 Å². The van der Waals surface area contributed by atoms with Gasteiger partial charge in [0.15, 0.2) is 11.5 Å². The van der Waals surface area contributed by atoms with Crippen molar-refractivity contribution in [2.45, 2.75) is 0 Å². The first-order valence-corrected chi connectivity index (χ1v) is 4.87. The number of ether oxygens (including phenoxy) is 2. The summed E-state index contributed by atoms with van der Waals surface area (Å²) in [5.74, 6) is 1.24. The van der Waals surface area contributed by atoms with Gasteiger partial charge in [-0.25, -0.2) is 0 Å². The molecule has 0 fully saturated rings. The molecular formula is C9H6BrNO4. The molecule has 0 aliphatic carbocycles. The van der Waals surface area contributed by atoms with Crippen molar-refractivity contribution in [3.63, 3.8) is 0 Å². The zero-order valence-corrected chi connectivity index (χ0v) is 9.06. The Morgan fingerprint density at radius 3 is 2.73 bits per heavy atom. The van der Waals surface area contributed by atoms with Crippen LogP contribution in [0.2, 0.25) is 0 Å². The lowest BCUT2D eigenvalue weighted by molar-refractivity contribution is -0.400. The minimum absolute atomic E-state index is 0.185. The van der Waals surface area contributed by atoms with Gasteiger partial charge in [0, 0.05) is 10.5 Å². The second-order valence-corrected chi connectivity index (χ2v) is 3.68. The van der Waals surface area contributed by atoms with E-state index in [1.807, 2.05) is 0 Å². The topological polar surface area (TPSA) is 61.6 Å². The van der Waals surface area contributed by atoms with Crippen LogP contribution < -0.4 is 9.47 Å². The molecule has 78 valence electrons. The number of benzene rings is 1. The van der Waals surface area contributed by atoms with Crippen molar-refractivity contribution in [2.24, 2.45) is 0 Å². The maximum Gasteiger partial charge on any atom is 0.235 e. The smallest absolute Gasteiger partial charge is 0.235 e. The molecule has 6 heteroatoms. The zero-order valence-electron chi connectivity index (χ0n) is 7.47. The van der Waals surface area contributed by atoms with Crippen molar-refractivity contribution in [1.82, 2.24) is 0 Å². The Morgan fingerprint density at radius 2 is 2.07 bits per heavy atom. The first-order chi connectivity index (χ1) is 7.16. The SMILES string of the molecule is O=[N+]([O-])C=Cc1cc2c(cc1Br)OCO2. The van der Waals surface area contributed by atoms with Gasteiger partial charge in [-0.1, -0.05) is 15.9 Å². The molecule has 0 spiro atoms. The van der Waals surface area contributed by atoms with Gasteiger partial charge in [0.25, 0.3) is 0 Å². The normalized spacial score (nSPS) is 13.4. The largest absolute Gasteiger partial charge is 0.454 e. The van der Waals surface area contributed by atoms with Crippen LogP contribution in [0.15, 0.2) is 22.8 Å². The lowest BCUT2D eigenvalue weighted by atomic mass is 10.2. The molecule has 0 aromatic heterocycles. The summed E-state index contributed by atoms with van der Waals surface area (Å²) in [6.07, 6.45) is 2.27. The van der Waals surface area contributed by atoms with E-state index in [9.17, 15) is 10.1 Å². The van der Waals surface area contributed by atoms with Crippen molar-refractivity contribution < 1.29 is 14.4 Å². The lowest BCUT2D eigenvalue weighted by Crippen LogP contribution is -1.92. The van der Waals surface area contributed by atoms with E-state index in [1.54, 1.807) is 12.1 Å². The summed E-state index contributed by atoms with van der Waals surface area (Å²) in [7, 11) is 0. The van der Waals surface area contributed by atoms with Crippen LogP contribution in [0.4, 0.5) is 0 Å². The monoisotopic (exact) mass is 271 g/mol. The highest BCUT2D eigenvalue weighted by Crippen LogP contribution is 2.37. The third kappa shape index (κ3) is 2.10. The van der Waals surface area contributed by atoms with E-state index in [0.29, 0.717) is 17.1 Å². The Kier molecular flexibility index (Phi) is 2.59. The fraction of sp³-hybridized carbons (Fsp3) is 0.111. The Balaban J connectivity index is 2.36. The molecule has 1 aromatic carbocycles. The summed E-state index contributed by atoms with van der Waals surface area (Å²) in [6, 6.07) is 3.41. The number of hydrogen-bond donors (Lipinski definition) is 0. The lowest BCUT2D eigenvalue weighted by Gasteiger charge is -2.00. The van der Waals surface area contributed by atoms with Crippen molar-refractivity contribution in [3.8, 4) is 11.5 Å². The Bertz CT molecular complexity index is 444. The van der Waals surface area contributed by atoms with Crippen molar-refractivity contribution in [3.05, 3.63) is 38.5 Å². The maximum absolute atomic E-state index is 10.2. The highest BCUT2D eigenvalue weighted by molar-refractivity contribution is 9.10. The van der Waals surface area contributed by atoms with Gasteiger partial charge in [-0.15, -0.1) is 0 Å². The number of nitro groups is 1. The second kappa shape index (κ2) is 3.90. The molecule has 0 radical (unpaired) electrons. The van der Waals surface area contributed by atoms with Crippen LogP contribution in [0.1, 0.15) is 5.56 Å². The summed E-state index contributed by atoms with van der Waals surface area (Å²) in [6.45, 7) is 0.185. The van der Waals surface area contributed by atoms with E-state index in [1.165, 1.54) is 6.08 Å². The first kappa shape index (κ1) is 9.97. The van der Waals surface area contributed by atoms with Crippen molar-refractivity contribution in [2.75, 3.05) is 6.79 Å². The summed E-state index contributed by atoms with van der Waals surface area (Å²) >= 11 is 3.29. The average Bonchev–Trinajstić information content (AvgIpc) is 2.60. The number of fused-ring (bicyclic) bond motifs is 1. The molecular weight excluding hydrogens is 266 g/mol. The molecule has 0 bridgehead atoms. The Hall–Kier alpha value is -1.56. The summed E-state index contributed by atoms with van der Waals surface area (Å²) < 4.78 is 11.0. The fourth-order valence-corrected chi connectivity index (χ4v) is 1.66. The molecule has 15 heavy (non-hydrogen) atoms. The van der Waals surface area contributed by atoms with Gasteiger partial charge in [-0.05, 0) is 17.7 Å². The van der Waals surface area contributed by atoms with E-state index in [4.69, 9.17) is 9.47 Å². The number of hydrogen-bond acceptors (Lipinski definition) is 4. The fourth-order valence-electron chi connectivity index (χ4n) is 1.20. The van der Waals surface area contributed by atoms with Gasteiger partial charge >= 0.3 is 0 Å². The average molecular weight is 272 g/mol. The summed E-state index contributed by atoms with van der Waals surface area (Å²) in [5, 5.41) is 10.2. The van der Waals surface area contributed by atoms with Crippen LogP contribution in [0.25, 0.3) is 6.08 Å². The molecule has 0 unspecified atom stereocenters. The summed E-state index contributed by atoms with van der Waals surface area (Å²) in [4.78, 5) is 9.65. The maximum atomic E-state index is 10.2. The molecule has 1 aromatic rings. The second-order valence-electron chi connectivity index (χ2n) is 2.83. The number of rotatable bonds is 2. The predicted molar refractivity (Wildman–Crippen MR) is 56.3 cm³/mol. The van der Waals surface area contributed by atoms with Crippen molar-refractivity contribution >= 4 is 22.0 Å². The molecule has 5 nitrogen and oxygen atoms in total. The Morgan fingerprint density at radius 1 is 1.40 bits per heavy atom. The molecule has 1 aliphatic rings. The quantitative estimate of drug-likeness (QED) is 0.612. The van der Waals surface area contributed by atoms with Gasteiger partial charge in [-0.2, -0.15) is 0 Å². The van der Waals surface area contributed by atoms with Crippen LogP contribution in [-0.2, 0) is 0 Å². The van der Waals surface area contributed by atoms with Crippen LogP contribution in [0.5, 0.6) is 11.5 Å². The molecule has 1 aliphatic heterocycles. The van der Waals surface area contributed by atoms with E-state index >= 15 is 0 Å². The molecule has 0 N–H and O–H groups in total. The minimum Gasteiger partial charge on any atom is -0.454 e. The van der Waals surface area contributed by atoms with Crippen LogP contribution >= 0.6 is 15.9 Å². The van der Waals surface area contributed by atoms with E-state index in [-0.39, 0.29) is 6.79 Å². The van der Waals surface area contributed by atoms with Gasteiger partial charge in [0.2, 0.25) is 13.0 Å². The van der Waals surface area contributed by atoms with E-state index < -0.39 is 4.92 Å². The highest BCUT2D eigenvalue weighted by Gasteiger charge is 2.15. The van der Waals surface area contributed by atoms with Gasteiger partial charge < -0.3 is 9.47 Å². The minimum atomic E-state index is -0.517. The zero-order chi connectivity index (χ0) is 10.8. The molecule has 0 atom stereocenters. The summed E-state index contributed by atoms with van der Waals surface area (Å²) in [5.41, 5.74) is 0.677. The molecule has 2 rings (SSSR count). The van der Waals surface area contributed by atoms with Gasteiger partial charge in [0.05, 0.1) is 4.92 Å². The first-order valence-electron chi connectivity index (χ1n) is 4.07. The van der Waals surface area contributed by atoms with Gasteiger partial charge in [-0.3, -0.25) is 10.1 Å². The Labute approximate surface area is 93.6 Å². The molecule has 1 heterocycles. The number of halogens is 1. The van der Waals surface area contributed by atoms with Crippen LogP contribution in [-0.4, -0.2) is 11.7 Å². The number of nitrogens with zero attached hydrogens (tertiary/aromatic N) is 1. The van der Waals surface area contributed by atoms with Crippen LogP contribution in [0.3, 0.4) is 0 Å². The molecule has 0 amide bonds. The highest BCUT2D eigenvalue weighted by atomic mass is 79.9. The predicted octanol–water partition coefficient (Wildman–Crippen LogP) is 2.43. The van der Waals surface area contributed by atoms with E-state index in [0.717, 1.165) is 10.7 Å². The standard InChI is InChI=1S/C9H6BrNO4/c10-7-4-9-8(14-5-15-9)3-6(7)1-2-11(12)13/h1-4H,5H2. The van der Waals surface area contributed by atoms with Gasteiger partial charge in [0.1, 0.15) is 0 Å². The van der Waals surface area contributed by atoms with Crippen molar-refractivity contribution in [1.29, 1.82) is 0 Å². The molecule has 0 saturated heterocycles. The third-order valence-electron chi connectivity index (χ3n) is 1.87. The van der Waals surface area contributed by atoms with E-state index in [2.05, 4.69) is 15.9 Å².